The van der Waals surface area contributed by atoms with Gasteiger partial charge in [-0.25, -0.2) is 4.98 Å². The first-order valence-corrected chi connectivity index (χ1v) is 11.1. The van der Waals surface area contributed by atoms with Crippen molar-refractivity contribution in [3.8, 4) is 0 Å². The van der Waals surface area contributed by atoms with Crippen LogP contribution in [0.4, 0.5) is 32.2 Å². The molecule has 2 aromatic carbocycles. The van der Waals surface area contributed by atoms with Crippen molar-refractivity contribution in [1.29, 1.82) is 0 Å². The lowest BCUT2D eigenvalue weighted by molar-refractivity contribution is -0.143. The first kappa shape index (κ1) is 24.8. The third-order valence-electron chi connectivity index (χ3n) is 6.19. The van der Waals surface area contributed by atoms with Crippen LogP contribution in [0.5, 0.6) is 0 Å². The van der Waals surface area contributed by atoms with Crippen LogP contribution < -0.4 is 10.6 Å². The number of para-hydroxylation sites is 1. The minimum Gasteiger partial charge on any atom is -0.367 e. The molecule has 1 saturated carbocycles. The summed E-state index contributed by atoms with van der Waals surface area (Å²) in [6.07, 6.45) is -7.63. The van der Waals surface area contributed by atoms with Gasteiger partial charge >= 0.3 is 12.4 Å². The largest absolute Gasteiger partial charge is 0.416 e. The predicted octanol–water partition coefficient (Wildman–Crippen LogP) is 6.73. The average molecular weight is 495 g/mol. The Labute approximate surface area is 197 Å². The molecule has 1 aromatic heterocycles. The number of carbonyl (C=O) groups excluding carboxylic acids is 1. The van der Waals surface area contributed by atoms with Crippen LogP contribution in [0, 0.1) is 6.92 Å². The first-order valence-electron chi connectivity index (χ1n) is 11.1. The highest BCUT2D eigenvalue weighted by Crippen LogP contribution is 2.36. The molecule has 0 radical (unpaired) electrons. The third kappa shape index (κ3) is 5.86. The van der Waals surface area contributed by atoms with Crippen LogP contribution in [0.25, 0.3) is 10.9 Å². The molecule has 0 atom stereocenters. The van der Waals surface area contributed by atoms with Crippen LogP contribution >= 0.6 is 0 Å². The maximum atomic E-state index is 13.1. The van der Waals surface area contributed by atoms with Gasteiger partial charge in [-0.05, 0) is 68.5 Å². The number of fused-ring (bicyclic) bond motifs is 1. The van der Waals surface area contributed by atoms with E-state index >= 15 is 0 Å². The lowest BCUT2D eigenvalue weighted by atomic mass is 9.90. The van der Waals surface area contributed by atoms with Crippen molar-refractivity contribution in [3.05, 3.63) is 70.8 Å². The molecule has 10 heteroatoms. The Balaban J connectivity index is 1.40. The molecule has 2 N–H and O–H groups in total. The van der Waals surface area contributed by atoms with E-state index in [0.717, 1.165) is 22.3 Å². The van der Waals surface area contributed by atoms with Crippen LogP contribution in [-0.4, -0.2) is 23.0 Å². The van der Waals surface area contributed by atoms with Crippen molar-refractivity contribution < 1.29 is 31.1 Å². The molecule has 0 aliphatic heterocycles. The van der Waals surface area contributed by atoms with E-state index < -0.39 is 35.0 Å². The third-order valence-corrected chi connectivity index (χ3v) is 6.19. The maximum Gasteiger partial charge on any atom is 0.416 e. The Bertz CT molecular complexity index is 1200. The fourth-order valence-corrected chi connectivity index (χ4v) is 4.37. The number of benzene rings is 2. The lowest BCUT2D eigenvalue weighted by Crippen LogP contribution is -2.40. The molecule has 1 aliphatic carbocycles. The Morgan fingerprint density at radius 2 is 1.43 bits per heavy atom. The van der Waals surface area contributed by atoms with Gasteiger partial charge in [0.2, 0.25) is 0 Å². The van der Waals surface area contributed by atoms with E-state index in [1.807, 2.05) is 37.3 Å². The number of hydrogen-bond acceptors (Lipinski definition) is 3. The number of amides is 1. The second-order valence-corrected chi connectivity index (χ2v) is 8.80. The van der Waals surface area contributed by atoms with Crippen molar-refractivity contribution in [2.24, 2.45) is 0 Å². The van der Waals surface area contributed by atoms with Crippen LogP contribution in [0.1, 0.15) is 52.7 Å². The van der Waals surface area contributed by atoms with Gasteiger partial charge in [0, 0.05) is 23.0 Å². The van der Waals surface area contributed by atoms with Gasteiger partial charge in [0.25, 0.3) is 5.91 Å². The van der Waals surface area contributed by atoms with Crippen LogP contribution in [0.3, 0.4) is 0 Å². The Morgan fingerprint density at radius 1 is 0.857 bits per heavy atom. The molecule has 0 saturated heterocycles. The molecule has 0 unspecified atom stereocenters. The molecule has 1 fully saturated rings. The van der Waals surface area contributed by atoms with E-state index in [9.17, 15) is 31.1 Å². The summed E-state index contributed by atoms with van der Waals surface area (Å²) in [6.45, 7) is 2.00. The second-order valence-electron chi connectivity index (χ2n) is 8.80. The van der Waals surface area contributed by atoms with Gasteiger partial charge in [0.05, 0.1) is 16.6 Å². The standard InChI is InChI=1S/C25H23F6N3O/c1-14-10-22(34-21-5-3-2-4-20(14)21)32-18-6-8-19(9-7-18)33-23(35)15-11-16(24(26,27)28)13-17(12-15)25(29,30)31/h2-5,10-13,18-19H,6-9H2,1H3,(H,32,34)(H,33,35). The van der Waals surface area contributed by atoms with Crippen molar-refractivity contribution >= 4 is 22.6 Å². The van der Waals surface area contributed by atoms with Crippen molar-refractivity contribution in [2.75, 3.05) is 5.32 Å². The fraction of sp³-hybridized carbons (Fsp3) is 0.360. The highest BCUT2D eigenvalue weighted by molar-refractivity contribution is 5.95. The van der Waals surface area contributed by atoms with Crippen LogP contribution in [-0.2, 0) is 12.4 Å². The smallest absolute Gasteiger partial charge is 0.367 e. The van der Waals surface area contributed by atoms with Gasteiger partial charge in [0.15, 0.2) is 0 Å². The summed E-state index contributed by atoms with van der Waals surface area (Å²) in [4.78, 5) is 17.2. The van der Waals surface area contributed by atoms with Gasteiger partial charge < -0.3 is 10.6 Å². The Kier molecular flexibility index (Phi) is 6.66. The molecule has 4 rings (SSSR count). The summed E-state index contributed by atoms with van der Waals surface area (Å²) >= 11 is 0. The fourth-order valence-electron chi connectivity index (χ4n) is 4.37. The molecule has 4 nitrogen and oxygen atoms in total. The number of pyridine rings is 1. The quantitative estimate of drug-likeness (QED) is 0.395. The zero-order valence-electron chi connectivity index (χ0n) is 18.7. The monoisotopic (exact) mass is 495 g/mol. The minimum absolute atomic E-state index is 0.0101. The van der Waals surface area contributed by atoms with Crippen LogP contribution in [0.15, 0.2) is 48.5 Å². The predicted molar refractivity (Wildman–Crippen MR) is 120 cm³/mol. The number of carbonyl (C=O) groups is 1. The molecule has 1 amide bonds. The first-order chi connectivity index (χ1) is 16.4. The van der Waals surface area contributed by atoms with Crippen molar-refractivity contribution in [2.45, 2.75) is 57.0 Å². The number of aryl methyl sites for hydroxylation is 1. The topological polar surface area (TPSA) is 54.0 Å². The highest BCUT2D eigenvalue weighted by atomic mass is 19.4. The molecular weight excluding hydrogens is 472 g/mol. The summed E-state index contributed by atoms with van der Waals surface area (Å²) in [7, 11) is 0. The van der Waals surface area contributed by atoms with E-state index in [0.29, 0.717) is 37.8 Å². The lowest BCUT2D eigenvalue weighted by Gasteiger charge is -2.30. The number of anilines is 1. The number of nitrogens with zero attached hydrogens (tertiary/aromatic N) is 1. The SMILES string of the molecule is Cc1cc(NC2CCC(NC(=O)c3cc(C(F)(F)F)cc(C(F)(F)F)c3)CC2)nc2ccccc12. The van der Waals surface area contributed by atoms with Crippen LogP contribution in [0.2, 0.25) is 0 Å². The van der Waals surface area contributed by atoms with E-state index in [1.54, 1.807) is 0 Å². The molecule has 1 aliphatic rings. The van der Waals surface area contributed by atoms with E-state index in [2.05, 4.69) is 15.6 Å². The number of aromatic nitrogens is 1. The maximum absolute atomic E-state index is 13.1. The average Bonchev–Trinajstić information content (AvgIpc) is 2.79. The van der Waals surface area contributed by atoms with Gasteiger partial charge in [-0.2, -0.15) is 26.3 Å². The molecular formula is C25H23F6N3O. The van der Waals surface area contributed by atoms with Crippen molar-refractivity contribution in [3.63, 3.8) is 0 Å². The number of alkyl halides is 6. The Hall–Kier alpha value is -3.30. The second kappa shape index (κ2) is 9.39. The number of halogens is 6. The van der Waals surface area contributed by atoms with E-state index in [4.69, 9.17) is 0 Å². The van der Waals surface area contributed by atoms with Gasteiger partial charge in [-0.1, -0.05) is 18.2 Å². The zero-order chi connectivity index (χ0) is 25.4. The molecule has 1 heterocycles. The number of nitrogens with one attached hydrogen (secondary N) is 2. The highest BCUT2D eigenvalue weighted by Gasteiger charge is 2.37. The van der Waals surface area contributed by atoms with Gasteiger partial charge in [-0.3, -0.25) is 4.79 Å². The zero-order valence-corrected chi connectivity index (χ0v) is 18.7. The minimum atomic E-state index is -5.00. The molecule has 0 bridgehead atoms. The summed E-state index contributed by atoms with van der Waals surface area (Å²) < 4.78 is 78.5. The van der Waals surface area contributed by atoms with Gasteiger partial charge in [0.1, 0.15) is 5.82 Å². The number of hydrogen-bond donors (Lipinski definition) is 2. The van der Waals surface area contributed by atoms with E-state index in [-0.39, 0.29) is 18.2 Å². The normalized spacial score (nSPS) is 18.9. The molecule has 35 heavy (non-hydrogen) atoms. The number of rotatable bonds is 4. The summed E-state index contributed by atoms with van der Waals surface area (Å²) in [5, 5.41) is 7.05. The molecule has 186 valence electrons. The molecule has 3 aromatic rings. The Morgan fingerprint density at radius 3 is 2.03 bits per heavy atom. The van der Waals surface area contributed by atoms with Crippen molar-refractivity contribution in [1.82, 2.24) is 10.3 Å². The van der Waals surface area contributed by atoms with E-state index in [1.165, 1.54) is 0 Å². The van der Waals surface area contributed by atoms with Gasteiger partial charge in [-0.15, -0.1) is 0 Å². The summed E-state index contributed by atoms with van der Waals surface area (Å²) in [5.74, 6) is -0.220. The summed E-state index contributed by atoms with van der Waals surface area (Å²) in [6, 6.07) is 10.4. The molecule has 0 spiro atoms. The summed E-state index contributed by atoms with van der Waals surface area (Å²) in [5.41, 5.74) is -1.73.